The van der Waals surface area contributed by atoms with E-state index in [0.717, 1.165) is 24.3 Å². The fourth-order valence-corrected chi connectivity index (χ4v) is 1.65. The van der Waals surface area contributed by atoms with Gasteiger partial charge in [-0.05, 0) is 30.7 Å². The first-order valence-electron chi connectivity index (χ1n) is 4.90. The van der Waals surface area contributed by atoms with E-state index in [1.165, 1.54) is 13.0 Å². The summed E-state index contributed by atoms with van der Waals surface area (Å²) in [5, 5.41) is 0. The lowest BCUT2D eigenvalue weighted by Gasteiger charge is -2.08. The number of aryl methyl sites for hydroxylation is 1. The van der Waals surface area contributed by atoms with E-state index in [4.69, 9.17) is 0 Å². The van der Waals surface area contributed by atoms with Crippen LogP contribution in [0.3, 0.4) is 0 Å². The van der Waals surface area contributed by atoms with Gasteiger partial charge in [0.05, 0.1) is 5.56 Å². The highest BCUT2D eigenvalue weighted by atomic mass is 19.2. The van der Waals surface area contributed by atoms with Crippen molar-refractivity contribution < 1.29 is 17.6 Å². The van der Waals surface area contributed by atoms with Gasteiger partial charge in [-0.3, -0.25) is 0 Å². The van der Waals surface area contributed by atoms with Gasteiger partial charge in [0.25, 0.3) is 0 Å². The molecule has 0 aliphatic carbocycles. The van der Waals surface area contributed by atoms with Crippen LogP contribution in [0.5, 0.6) is 0 Å². The van der Waals surface area contributed by atoms with Crippen LogP contribution in [0.4, 0.5) is 17.6 Å². The summed E-state index contributed by atoms with van der Waals surface area (Å²) in [4.78, 5) is 0. The van der Waals surface area contributed by atoms with Gasteiger partial charge >= 0.3 is 0 Å². The minimum atomic E-state index is -1.26. The number of rotatable bonds is 1. The number of hydrogen-bond donors (Lipinski definition) is 0. The smallest absolute Gasteiger partial charge is 0.166 e. The Balaban J connectivity index is 2.73. The Morgan fingerprint density at radius 3 is 2.00 bits per heavy atom. The maximum atomic E-state index is 13.6. The minimum Gasteiger partial charge on any atom is -0.206 e. The third kappa shape index (κ3) is 2.02. The lowest BCUT2D eigenvalue weighted by Crippen LogP contribution is -1.96. The van der Waals surface area contributed by atoms with Gasteiger partial charge in [-0.2, -0.15) is 0 Å². The second kappa shape index (κ2) is 4.20. The summed E-state index contributed by atoms with van der Waals surface area (Å²) in [6.45, 7) is 1.51. The summed E-state index contributed by atoms with van der Waals surface area (Å²) in [5.74, 6) is -4.21. The standard InChI is InChI=1S/C13H8F4/c1-7-5-10(15)12(11(16)6-7)8-3-2-4-9(14)13(8)17/h2-6H,1H3. The third-order valence-electron chi connectivity index (χ3n) is 2.41. The zero-order chi connectivity index (χ0) is 12.6. The first kappa shape index (κ1) is 11.6. The van der Waals surface area contributed by atoms with E-state index in [1.807, 2.05) is 0 Å². The van der Waals surface area contributed by atoms with Crippen molar-refractivity contribution in [3.63, 3.8) is 0 Å². The van der Waals surface area contributed by atoms with Crippen LogP contribution in [0, 0.1) is 30.2 Å². The first-order chi connectivity index (χ1) is 8.00. The van der Waals surface area contributed by atoms with Gasteiger partial charge in [0, 0.05) is 5.56 Å². The van der Waals surface area contributed by atoms with Gasteiger partial charge in [-0.15, -0.1) is 0 Å². The molecule has 0 aromatic heterocycles. The largest absolute Gasteiger partial charge is 0.206 e. The molecule has 2 rings (SSSR count). The maximum Gasteiger partial charge on any atom is 0.166 e. The normalized spacial score (nSPS) is 10.6. The Morgan fingerprint density at radius 1 is 0.824 bits per heavy atom. The monoisotopic (exact) mass is 240 g/mol. The van der Waals surface area contributed by atoms with E-state index in [9.17, 15) is 17.6 Å². The molecule has 0 heterocycles. The molecule has 0 saturated carbocycles. The summed E-state index contributed by atoms with van der Waals surface area (Å²) in [7, 11) is 0. The Bertz CT molecular complexity index is 553. The van der Waals surface area contributed by atoms with E-state index in [0.29, 0.717) is 5.56 Å². The summed E-state index contributed by atoms with van der Waals surface area (Å²) in [6.07, 6.45) is 0. The molecule has 2 aromatic rings. The van der Waals surface area contributed by atoms with Crippen LogP contribution in [0.25, 0.3) is 11.1 Å². The van der Waals surface area contributed by atoms with Crippen molar-refractivity contribution in [2.24, 2.45) is 0 Å². The zero-order valence-corrected chi connectivity index (χ0v) is 8.90. The second-order valence-corrected chi connectivity index (χ2v) is 3.70. The molecular weight excluding hydrogens is 232 g/mol. The fourth-order valence-electron chi connectivity index (χ4n) is 1.65. The topological polar surface area (TPSA) is 0 Å². The van der Waals surface area contributed by atoms with Gasteiger partial charge < -0.3 is 0 Å². The summed E-state index contributed by atoms with van der Waals surface area (Å²) in [6, 6.07) is 5.37. The highest BCUT2D eigenvalue weighted by molar-refractivity contribution is 5.66. The summed E-state index contributed by atoms with van der Waals surface area (Å²) in [5.41, 5.74) is -0.590. The molecule has 0 spiro atoms. The molecule has 4 heteroatoms. The average molecular weight is 240 g/mol. The molecule has 0 radical (unpaired) electrons. The number of benzene rings is 2. The van der Waals surface area contributed by atoms with Crippen LogP contribution in [-0.2, 0) is 0 Å². The molecule has 17 heavy (non-hydrogen) atoms. The lowest BCUT2D eigenvalue weighted by atomic mass is 10.0. The number of halogens is 4. The second-order valence-electron chi connectivity index (χ2n) is 3.70. The Hall–Kier alpha value is -1.84. The molecule has 0 atom stereocenters. The van der Waals surface area contributed by atoms with Gasteiger partial charge in [-0.1, -0.05) is 12.1 Å². The molecule has 88 valence electrons. The van der Waals surface area contributed by atoms with Gasteiger partial charge in [0.15, 0.2) is 11.6 Å². The van der Waals surface area contributed by atoms with Crippen LogP contribution in [0.15, 0.2) is 30.3 Å². The van der Waals surface area contributed by atoms with Crippen molar-refractivity contribution >= 4 is 0 Å². The average Bonchev–Trinajstić information content (AvgIpc) is 2.23. The number of hydrogen-bond acceptors (Lipinski definition) is 0. The molecule has 0 saturated heterocycles. The predicted octanol–water partition coefficient (Wildman–Crippen LogP) is 4.22. The lowest BCUT2D eigenvalue weighted by molar-refractivity contribution is 0.508. The van der Waals surface area contributed by atoms with Crippen molar-refractivity contribution in [2.75, 3.05) is 0 Å². The van der Waals surface area contributed by atoms with E-state index >= 15 is 0 Å². The van der Waals surface area contributed by atoms with E-state index in [2.05, 4.69) is 0 Å². The summed E-state index contributed by atoms with van der Waals surface area (Å²) < 4.78 is 53.6. The Morgan fingerprint density at radius 2 is 1.41 bits per heavy atom. The molecule has 0 aliphatic rings. The molecule has 0 unspecified atom stereocenters. The molecular formula is C13H8F4. The summed E-state index contributed by atoms with van der Waals surface area (Å²) >= 11 is 0. The highest BCUT2D eigenvalue weighted by Crippen LogP contribution is 2.30. The van der Waals surface area contributed by atoms with Crippen molar-refractivity contribution in [2.45, 2.75) is 6.92 Å². The van der Waals surface area contributed by atoms with E-state index in [-0.39, 0.29) is 0 Å². The first-order valence-corrected chi connectivity index (χ1v) is 4.90. The van der Waals surface area contributed by atoms with Crippen LogP contribution in [0.2, 0.25) is 0 Å². The van der Waals surface area contributed by atoms with E-state index < -0.39 is 34.4 Å². The SMILES string of the molecule is Cc1cc(F)c(-c2cccc(F)c2F)c(F)c1. The third-order valence-corrected chi connectivity index (χ3v) is 2.41. The van der Waals surface area contributed by atoms with Crippen molar-refractivity contribution in [3.8, 4) is 11.1 Å². The maximum absolute atomic E-state index is 13.6. The molecule has 0 nitrogen and oxygen atoms in total. The Kier molecular flexibility index (Phi) is 2.88. The Labute approximate surface area is 95.5 Å². The predicted molar refractivity (Wildman–Crippen MR) is 56.4 cm³/mol. The molecule has 0 fully saturated rings. The molecule has 2 aromatic carbocycles. The van der Waals surface area contributed by atoms with E-state index in [1.54, 1.807) is 0 Å². The van der Waals surface area contributed by atoms with Crippen molar-refractivity contribution in [1.82, 2.24) is 0 Å². The van der Waals surface area contributed by atoms with Crippen LogP contribution in [0.1, 0.15) is 5.56 Å². The quantitative estimate of drug-likeness (QED) is 0.655. The van der Waals surface area contributed by atoms with Crippen LogP contribution >= 0.6 is 0 Å². The van der Waals surface area contributed by atoms with Crippen LogP contribution in [-0.4, -0.2) is 0 Å². The minimum absolute atomic E-state index is 0.376. The molecule has 0 aliphatic heterocycles. The molecule has 0 N–H and O–H groups in total. The highest BCUT2D eigenvalue weighted by Gasteiger charge is 2.17. The van der Waals surface area contributed by atoms with Crippen molar-refractivity contribution in [1.29, 1.82) is 0 Å². The molecule has 0 bridgehead atoms. The van der Waals surface area contributed by atoms with Crippen LogP contribution < -0.4 is 0 Å². The van der Waals surface area contributed by atoms with Crippen molar-refractivity contribution in [3.05, 3.63) is 59.2 Å². The van der Waals surface area contributed by atoms with Gasteiger partial charge in [0.1, 0.15) is 11.6 Å². The van der Waals surface area contributed by atoms with Gasteiger partial charge in [0.2, 0.25) is 0 Å². The zero-order valence-electron chi connectivity index (χ0n) is 8.90. The fraction of sp³-hybridized carbons (Fsp3) is 0.0769. The van der Waals surface area contributed by atoms with Gasteiger partial charge in [-0.25, -0.2) is 17.6 Å². The molecule has 0 amide bonds.